The highest BCUT2D eigenvalue weighted by atomic mass is 35.5. The van der Waals surface area contributed by atoms with E-state index in [1.165, 1.54) is 17.7 Å². The van der Waals surface area contributed by atoms with Crippen LogP contribution in [0.25, 0.3) is 5.65 Å². The van der Waals surface area contributed by atoms with Gasteiger partial charge in [0.05, 0.1) is 0 Å². The molecule has 3 rings (SSSR count). The number of aromatic nitrogens is 2. The maximum atomic E-state index is 12.7. The molecular weight excluding hydrogens is 366 g/mol. The van der Waals surface area contributed by atoms with Gasteiger partial charge in [-0.25, -0.2) is 9.71 Å². The minimum atomic E-state index is -4.25. The van der Waals surface area contributed by atoms with Gasteiger partial charge in [0.2, 0.25) is 0 Å². The highest BCUT2D eigenvalue weighted by molar-refractivity contribution is 7.90. The van der Waals surface area contributed by atoms with E-state index in [0.717, 1.165) is 0 Å². The van der Waals surface area contributed by atoms with Crippen molar-refractivity contribution in [3.63, 3.8) is 0 Å². The number of fused-ring (bicyclic) bond motifs is 1. The first-order valence-corrected chi connectivity index (χ1v) is 9.07. The molecule has 0 radical (unpaired) electrons. The van der Waals surface area contributed by atoms with Gasteiger partial charge >= 0.3 is 0 Å². The van der Waals surface area contributed by atoms with E-state index >= 15 is 0 Å². The van der Waals surface area contributed by atoms with E-state index < -0.39 is 22.0 Å². The number of methoxy groups -OCH3 is 1. The van der Waals surface area contributed by atoms with Gasteiger partial charge < -0.3 is 4.74 Å². The SMILES string of the molecule is CO[C@H](C(=O)NS(=O)(=O)c1c(Cl)nc2ccccn12)c1ccccc1. The molecule has 0 aliphatic rings. The number of hydrogen-bond acceptors (Lipinski definition) is 5. The molecule has 9 heteroatoms. The van der Waals surface area contributed by atoms with Crippen LogP contribution in [-0.2, 0) is 19.6 Å². The minimum Gasteiger partial charge on any atom is -0.367 e. The Hall–Kier alpha value is -2.42. The molecular formula is C16H14ClN3O4S. The average molecular weight is 380 g/mol. The van der Waals surface area contributed by atoms with Gasteiger partial charge in [0.1, 0.15) is 5.65 Å². The number of benzene rings is 1. The summed E-state index contributed by atoms with van der Waals surface area (Å²) in [5.74, 6) is -0.823. The molecule has 3 aromatic rings. The van der Waals surface area contributed by atoms with Crippen LogP contribution in [0.4, 0.5) is 0 Å². The molecule has 0 saturated heterocycles. The molecule has 25 heavy (non-hydrogen) atoms. The van der Waals surface area contributed by atoms with Crippen LogP contribution in [0.5, 0.6) is 0 Å². The van der Waals surface area contributed by atoms with Crippen molar-refractivity contribution in [1.29, 1.82) is 0 Å². The summed E-state index contributed by atoms with van der Waals surface area (Å²) in [4.78, 5) is 16.4. The lowest BCUT2D eigenvalue weighted by Crippen LogP contribution is -2.36. The molecule has 0 aliphatic carbocycles. The molecule has 2 heterocycles. The predicted octanol–water partition coefficient (Wildman–Crippen LogP) is 2.18. The standard InChI is InChI=1S/C16H14ClN3O4S/c1-24-13(11-7-3-2-4-8-11)15(21)19-25(22,23)16-14(17)18-12-9-5-6-10-20(12)16/h2-10,13H,1H3,(H,19,21)/t13-/m0/s1. The maximum absolute atomic E-state index is 12.7. The Morgan fingerprint density at radius 1 is 1.20 bits per heavy atom. The number of nitrogens with zero attached hydrogens (tertiary/aromatic N) is 2. The number of hydrogen-bond donors (Lipinski definition) is 1. The van der Waals surface area contributed by atoms with Crippen molar-refractivity contribution < 1.29 is 17.9 Å². The van der Waals surface area contributed by atoms with Gasteiger partial charge in [-0.15, -0.1) is 0 Å². The maximum Gasteiger partial charge on any atom is 0.283 e. The van der Waals surface area contributed by atoms with E-state index in [4.69, 9.17) is 16.3 Å². The third-order valence-electron chi connectivity index (χ3n) is 3.51. The fourth-order valence-electron chi connectivity index (χ4n) is 2.44. The summed E-state index contributed by atoms with van der Waals surface area (Å²) >= 11 is 5.97. The molecule has 0 unspecified atom stereocenters. The van der Waals surface area contributed by atoms with Crippen LogP contribution in [0, 0.1) is 0 Å². The highest BCUT2D eigenvalue weighted by Crippen LogP contribution is 2.23. The third kappa shape index (κ3) is 3.37. The smallest absolute Gasteiger partial charge is 0.283 e. The van der Waals surface area contributed by atoms with E-state index in [2.05, 4.69) is 4.98 Å². The fraction of sp³-hybridized carbons (Fsp3) is 0.125. The lowest BCUT2D eigenvalue weighted by atomic mass is 10.1. The second kappa shape index (κ2) is 6.83. The number of carbonyl (C=O) groups excluding carboxylic acids is 1. The van der Waals surface area contributed by atoms with Crippen molar-refractivity contribution in [3.05, 3.63) is 65.4 Å². The molecule has 1 amide bonds. The molecule has 0 fully saturated rings. The van der Waals surface area contributed by atoms with Crippen LogP contribution in [-0.4, -0.2) is 30.8 Å². The number of carbonyl (C=O) groups is 1. The molecule has 1 aromatic carbocycles. The Labute approximate surface area is 149 Å². The quantitative estimate of drug-likeness (QED) is 0.733. The Balaban J connectivity index is 1.95. The van der Waals surface area contributed by atoms with Crippen LogP contribution < -0.4 is 4.72 Å². The molecule has 1 atom stereocenters. The molecule has 0 spiro atoms. The van der Waals surface area contributed by atoms with Gasteiger partial charge in [-0.3, -0.25) is 9.20 Å². The van der Waals surface area contributed by atoms with E-state index in [-0.39, 0.29) is 10.2 Å². The Kier molecular flexibility index (Phi) is 4.76. The zero-order valence-corrected chi connectivity index (χ0v) is 14.7. The lowest BCUT2D eigenvalue weighted by Gasteiger charge is -2.15. The first kappa shape index (κ1) is 17.4. The number of ether oxygens (including phenoxy) is 1. The zero-order valence-electron chi connectivity index (χ0n) is 13.1. The van der Waals surface area contributed by atoms with Crippen LogP contribution in [0.1, 0.15) is 11.7 Å². The summed E-state index contributed by atoms with van der Waals surface area (Å²) in [7, 11) is -2.92. The van der Waals surface area contributed by atoms with Crippen molar-refractivity contribution >= 4 is 33.2 Å². The normalized spacial score (nSPS) is 12.9. The second-order valence-corrected chi connectivity index (χ2v) is 7.09. The van der Waals surface area contributed by atoms with Crippen LogP contribution in [0.2, 0.25) is 5.15 Å². The van der Waals surface area contributed by atoms with Gasteiger partial charge in [-0.05, 0) is 17.7 Å². The average Bonchev–Trinajstić information content (AvgIpc) is 2.92. The van der Waals surface area contributed by atoms with Crippen molar-refractivity contribution in [2.45, 2.75) is 11.1 Å². The predicted molar refractivity (Wildman–Crippen MR) is 91.7 cm³/mol. The topological polar surface area (TPSA) is 89.8 Å². The largest absolute Gasteiger partial charge is 0.367 e. The number of amides is 1. The fourth-order valence-corrected chi connectivity index (χ4v) is 4.07. The Morgan fingerprint density at radius 3 is 2.56 bits per heavy atom. The minimum absolute atomic E-state index is 0.222. The zero-order chi connectivity index (χ0) is 18.0. The number of halogens is 1. The highest BCUT2D eigenvalue weighted by Gasteiger charge is 2.30. The van der Waals surface area contributed by atoms with E-state index in [1.54, 1.807) is 48.5 Å². The summed E-state index contributed by atoms with van der Waals surface area (Å²) in [6.45, 7) is 0. The summed E-state index contributed by atoms with van der Waals surface area (Å²) < 4.78 is 33.8. The van der Waals surface area contributed by atoms with Gasteiger partial charge in [-0.1, -0.05) is 48.0 Å². The van der Waals surface area contributed by atoms with Crippen molar-refractivity contribution in [1.82, 2.24) is 14.1 Å². The van der Waals surface area contributed by atoms with Crippen molar-refractivity contribution in [3.8, 4) is 0 Å². The van der Waals surface area contributed by atoms with Gasteiger partial charge in [0, 0.05) is 13.3 Å². The van der Waals surface area contributed by atoms with Gasteiger partial charge in [0.15, 0.2) is 16.3 Å². The summed E-state index contributed by atoms with van der Waals surface area (Å²) in [6.07, 6.45) is 0.423. The molecule has 1 N–H and O–H groups in total. The number of nitrogens with one attached hydrogen (secondary N) is 1. The molecule has 7 nitrogen and oxygen atoms in total. The first-order chi connectivity index (χ1) is 11.9. The Morgan fingerprint density at radius 2 is 1.88 bits per heavy atom. The number of imidazole rings is 1. The molecule has 0 bridgehead atoms. The number of pyridine rings is 1. The van der Waals surface area contributed by atoms with E-state index in [9.17, 15) is 13.2 Å². The summed E-state index contributed by atoms with van der Waals surface area (Å²) in [5, 5.41) is -0.527. The van der Waals surface area contributed by atoms with Crippen molar-refractivity contribution in [2.75, 3.05) is 7.11 Å². The number of rotatable bonds is 5. The summed E-state index contributed by atoms with van der Waals surface area (Å²) in [6, 6.07) is 13.5. The van der Waals surface area contributed by atoms with E-state index in [0.29, 0.717) is 11.2 Å². The Bertz CT molecular complexity index is 1020. The second-order valence-electron chi connectivity index (χ2n) is 5.13. The molecule has 0 saturated carbocycles. The monoisotopic (exact) mass is 379 g/mol. The van der Waals surface area contributed by atoms with Gasteiger partial charge in [-0.2, -0.15) is 8.42 Å². The lowest BCUT2D eigenvalue weighted by molar-refractivity contribution is -0.129. The van der Waals surface area contributed by atoms with Crippen LogP contribution >= 0.6 is 11.6 Å². The van der Waals surface area contributed by atoms with Crippen LogP contribution in [0.3, 0.4) is 0 Å². The molecule has 2 aromatic heterocycles. The first-order valence-electron chi connectivity index (χ1n) is 7.21. The molecule has 0 aliphatic heterocycles. The number of sulfonamides is 1. The summed E-state index contributed by atoms with van der Waals surface area (Å²) in [5.41, 5.74) is 0.883. The van der Waals surface area contributed by atoms with Crippen LogP contribution in [0.15, 0.2) is 59.8 Å². The van der Waals surface area contributed by atoms with E-state index in [1.807, 2.05) is 4.72 Å². The third-order valence-corrected chi connectivity index (χ3v) is 5.26. The van der Waals surface area contributed by atoms with Gasteiger partial charge in [0.25, 0.3) is 15.9 Å². The molecule has 130 valence electrons. The van der Waals surface area contributed by atoms with Crippen molar-refractivity contribution in [2.24, 2.45) is 0 Å².